The average Bonchev–Trinajstić information content (AvgIpc) is 3.10. The number of hydrogen-bond acceptors (Lipinski definition) is 3. The lowest BCUT2D eigenvalue weighted by atomic mass is 10.1. The van der Waals surface area contributed by atoms with Gasteiger partial charge in [0.05, 0.1) is 18.1 Å². The van der Waals surface area contributed by atoms with E-state index in [1.807, 2.05) is 42.5 Å². The van der Waals surface area contributed by atoms with Gasteiger partial charge in [-0.05, 0) is 30.2 Å². The monoisotopic (exact) mass is 351 g/mol. The number of para-hydroxylation sites is 3. The van der Waals surface area contributed by atoms with E-state index >= 15 is 0 Å². The standard InChI is InChI=1S/C20H25N5O/c1-21-20(22-13-11-15-7-3-6-10-18(15)26-2)23-14-12-19-24-16-8-4-5-9-17(16)25-19/h3-10H,11-14H2,1-2H3,(H,24,25)(H2,21,22,23). The Labute approximate surface area is 153 Å². The van der Waals surface area contributed by atoms with Gasteiger partial charge in [0.2, 0.25) is 0 Å². The summed E-state index contributed by atoms with van der Waals surface area (Å²) in [4.78, 5) is 12.2. The molecule has 1 aromatic heterocycles. The number of aromatic nitrogens is 2. The second kappa shape index (κ2) is 8.89. The molecule has 0 saturated carbocycles. The molecule has 26 heavy (non-hydrogen) atoms. The summed E-state index contributed by atoms with van der Waals surface area (Å²) >= 11 is 0. The Bertz CT molecular complexity index is 838. The van der Waals surface area contributed by atoms with Gasteiger partial charge >= 0.3 is 0 Å². The van der Waals surface area contributed by atoms with Gasteiger partial charge in [-0.1, -0.05) is 30.3 Å². The van der Waals surface area contributed by atoms with Gasteiger partial charge in [-0.2, -0.15) is 0 Å². The molecule has 6 nitrogen and oxygen atoms in total. The summed E-state index contributed by atoms with van der Waals surface area (Å²) in [6.45, 7) is 1.54. The smallest absolute Gasteiger partial charge is 0.191 e. The highest BCUT2D eigenvalue weighted by atomic mass is 16.5. The number of nitrogens with zero attached hydrogens (tertiary/aromatic N) is 2. The van der Waals surface area contributed by atoms with Gasteiger partial charge in [0, 0.05) is 26.6 Å². The molecule has 1 heterocycles. The van der Waals surface area contributed by atoms with Crippen LogP contribution in [0, 0.1) is 0 Å². The number of aromatic amines is 1. The highest BCUT2D eigenvalue weighted by molar-refractivity contribution is 5.79. The molecule has 2 aromatic carbocycles. The molecule has 3 rings (SSSR count). The number of imidazole rings is 1. The number of ether oxygens (including phenoxy) is 1. The predicted molar refractivity (Wildman–Crippen MR) is 106 cm³/mol. The Kier molecular flexibility index (Phi) is 6.09. The second-order valence-electron chi connectivity index (χ2n) is 5.94. The van der Waals surface area contributed by atoms with Gasteiger partial charge in [0.1, 0.15) is 11.6 Å². The van der Waals surface area contributed by atoms with Crippen LogP contribution in [0.25, 0.3) is 11.0 Å². The van der Waals surface area contributed by atoms with Gasteiger partial charge < -0.3 is 20.4 Å². The van der Waals surface area contributed by atoms with E-state index in [4.69, 9.17) is 4.74 Å². The average molecular weight is 351 g/mol. The van der Waals surface area contributed by atoms with Crippen molar-refractivity contribution in [3.05, 3.63) is 59.9 Å². The minimum absolute atomic E-state index is 0.758. The minimum Gasteiger partial charge on any atom is -0.496 e. The maximum absolute atomic E-state index is 5.38. The van der Waals surface area contributed by atoms with Crippen LogP contribution in [-0.4, -0.2) is 43.2 Å². The van der Waals surface area contributed by atoms with Crippen molar-refractivity contribution in [1.29, 1.82) is 0 Å². The van der Waals surface area contributed by atoms with Crippen molar-refractivity contribution in [2.24, 2.45) is 4.99 Å². The van der Waals surface area contributed by atoms with E-state index in [0.29, 0.717) is 0 Å². The molecule has 3 aromatic rings. The number of aliphatic imine (C=N–C) groups is 1. The molecule has 0 fully saturated rings. The second-order valence-corrected chi connectivity index (χ2v) is 5.94. The Hall–Kier alpha value is -3.02. The number of benzene rings is 2. The molecular formula is C20H25N5O. The summed E-state index contributed by atoms with van der Waals surface area (Å²) in [5, 5.41) is 6.66. The first-order valence-electron chi connectivity index (χ1n) is 8.80. The quantitative estimate of drug-likeness (QED) is 0.452. The summed E-state index contributed by atoms with van der Waals surface area (Å²) in [7, 11) is 3.48. The molecule has 0 radical (unpaired) electrons. The summed E-state index contributed by atoms with van der Waals surface area (Å²) in [6, 6.07) is 16.1. The van der Waals surface area contributed by atoms with E-state index in [0.717, 1.165) is 54.5 Å². The van der Waals surface area contributed by atoms with Gasteiger partial charge in [0.25, 0.3) is 0 Å². The van der Waals surface area contributed by atoms with E-state index in [-0.39, 0.29) is 0 Å². The number of methoxy groups -OCH3 is 1. The van der Waals surface area contributed by atoms with Crippen LogP contribution in [0.5, 0.6) is 5.75 Å². The maximum Gasteiger partial charge on any atom is 0.191 e. The van der Waals surface area contributed by atoms with Crippen LogP contribution in [0.2, 0.25) is 0 Å². The van der Waals surface area contributed by atoms with Gasteiger partial charge in [0.15, 0.2) is 5.96 Å². The molecule has 136 valence electrons. The van der Waals surface area contributed by atoms with Gasteiger partial charge in [-0.3, -0.25) is 4.99 Å². The van der Waals surface area contributed by atoms with Crippen molar-refractivity contribution in [2.45, 2.75) is 12.8 Å². The summed E-state index contributed by atoms with van der Waals surface area (Å²) < 4.78 is 5.38. The fourth-order valence-electron chi connectivity index (χ4n) is 2.87. The number of hydrogen-bond donors (Lipinski definition) is 3. The fourth-order valence-corrected chi connectivity index (χ4v) is 2.87. The highest BCUT2D eigenvalue weighted by Gasteiger charge is 2.04. The van der Waals surface area contributed by atoms with Crippen LogP contribution in [0.4, 0.5) is 0 Å². The molecule has 0 spiro atoms. The Morgan fingerprint density at radius 2 is 1.77 bits per heavy atom. The van der Waals surface area contributed by atoms with E-state index in [9.17, 15) is 0 Å². The summed E-state index contributed by atoms with van der Waals surface area (Å²) in [5.74, 6) is 2.68. The molecule has 0 saturated heterocycles. The molecule has 0 aliphatic carbocycles. The van der Waals surface area contributed by atoms with E-state index in [1.165, 1.54) is 5.56 Å². The van der Waals surface area contributed by atoms with Crippen molar-refractivity contribution >= 4 is 17.0 Å². The van der Waals surface area contributed by atoms with Crippen LogP contribution < -0.4 is 15.4 Å². The molecular weight excluding hydrogens is 326 g/mol. The SMILES string of the molecule is CN=C(NCCc1nc2ccccc2[nH]1)NCCc1ccccc1OC. The van der Waals surface area contributed by atoms with E-state index < -0.39 is 0 Å². The summed E-state index contributed by atoms with van der Waals surface area (Å²) in [5.41, 5.74) is 3.25. The van der Waals surface area contributed by atoms with Crippen LogP contribution in [0.3, 0.4) is 0 Å². The van der Waals surface area contributed by atoms with Crippen molar-refractivity contribution in [3.8, 4) is 5.75 Å². The number of nitrogens with one attached hydrogen (secondary N) is 3. The fraction of sp³-hybridized carbons (Fsp3) is 0.300. The summed E-state index contributed by atoms with van der Waals surface area (Å²) in [6.07, 6.45) is 1.68. The lowest BCUT2D eigenvalue weighted by molar-refractivity contribution is 0.409. The largest absolute Gasteiger partial charge is 0.496 e. The molecule has 0 bridgehead atoms. The lowest BCUT2D eigenvalue weighted by Crippen LogP contribution is -2.39. The first-order chi connectivity index (χ1) is 12.8. The molecule has 0 atom stereocenters. The molecule has 0 aliphatic rings. The maximum atomic E-state index is 5.38. The predicted octanol–water partition coefficient (Wildman–Crippen LogP) is 2.52. The number of fused-ring (bicyclic) bond motifs is 1. The van der Waals surface area contributed by atoms with Crippen LogP contribution >= 0.6 is 0 Å². The molecule has 0 amide bonds. The third kappa shape index (κ3) is 4.53. The Balaban J connectivity index is 1.44. The molecule has 0 unspecified atom stereocenters. The third-order valence-corrected chi connectivity index (χ3v) is 4.20. The van der Waals surface area contributed by atoms with Crippen molar-refractivity contribution in [3.63, 3.8) is 0 Å². The Morgan fingerprint density at radius 3 is 2.54 bits per heavy atom. The zero-order valence-electron chi connectivity index (χ0n) is 15.2. The van der Waals surface area contributed by atoms with Crippen molar-refractivity contribution < 1.29 is 4.74 Å². The topological polar surface area (TPSA) is 74.3 Å². The van der Waals surface area contributed by atoms with Crippen LogP contribution in [0.1, 0.15) is 11.4 Å². The minimum atomic E-state index is 0.758. The zero-order chi connectivity index (χ0) is 18.2. The zero-order valence-corrected chi connectivity index (χ0v) is 15.2. The van der Waals surface area contributed by atoms with E-state index in [1.54, 1.807) is 14.2 Å². The van der Waals surface area contributed by atoms with Crippen LogP contribution in [0.15, 0.2) is 53.5 Å². The van der Waals surface area contributed by atoms with Crippen molar-refractivity contribution in [2.75, 3.05) is 27.2 Å². The van der Waals surface area contributed by atoms with Gasteiger partial charge in [-0.25, -0.2) is 4.98 Å². The molecule has 3 N–H and O–H groups in total. The third-order valence-electron chi connectivity index (χ3n) is 4.20. The van der Waals surface area contributed by atoms with Crippen LogP contribution in [-0.2, 0) is 12.8 Å². The normalized spacial score (nSPS) is 11.5. The molecule has 6 heteroatoms. The van der Waals surface area contributed by atoms with Gasteiger partial charge in [-0.15, -0.1) is 0 Å². The highest BCUT2D eigenvalue weighted by Crippen LogP contribution is 2.17. The number of rotatable bonds is 7. The number of H-pyrrole nitrogens is 1. The first-order valence-corrected chi connectivity index (χ1v) is 8.80. The van der Waals surface area contributed by atoms with E-state index in [2.05, 4.69) is 31.7 Å². The first kappa shape index (κ1) is 17.8. The van der Waals surface area contributed by atoms with Crippen molar-refractivity contribution in [1.82, 2.24) is 20.6 Å². The molecule has 0 aliphatic heterocycles. The lowest BCUT2D eigenvalue weighted by Gasteiger charge is -2.12. The Morgan fingerprint density at radius 1 is 1.04 bits per heavy atom. The number of guanidine groups is 1.